The third kappa shape index (κ3) is 5.07. The van der Waals surface area contributed by atoms with Crippen molar-refractivity contribution in [3.8, 4) is 0 Å². The number of nitrogens with one attached hydrogen (secondary N) is 2. The van der Waals surface area contributed by atoms with E-state index >= 15 is 0 Å². The van der Waals surface area contributed by atoms with Crippen molar-refractivity contribution >= 4 is 21.7 Å². The lowest BCUT2D eigenvalue weighted by molar-refractivity contribution is 0.0696. The van der Waals surface area contributed by atoms with E-state index in [0.717, 1.165) is 18.9 Å². The van der Waals surface area contributed by atoms with E-state index in [-0.39, 0.29) is 23.0 Å². The molecule has 3 N–H and O–H groups in total. The van der Waals surface area contributed by atoms with E-state index in [9.17, 15) is 13.2 Å². The van der Waals surface area contributed by atoms with Gasteiger partial charge in [-0.3, -0.25) is 0 Å². The number of carboxylic acids is 1. The van der Waals surface area contributed by atoms with Gasteiger partial charge in [-0.1, -0.05) is 13.3 Å². The van der Waals surface area contributed by atoms with Crippen LogP contribution in [0.15, 0.2) is 45.9 Å². The first-order valence-electron chi connectivity index (χ1n) is 7.99. The highest BCUT2D eigenvalue weighted by Gasteiger charge is 2.22. The Morgan fingerprint density at radius 2 is 2.08 bits per heavy atom. The van der Waals surface area contributed by atoms with Gasteiger partial charge < -0.3 is 14.8 Å². The molecule has 1 atom stereocenters. The van der Waals surface area contributed by atoms with Crippen molar-refractivity contribution in [2.75, 3.05) is 5.32 Å². The van der Waals surface area contributed by atoms with E-state index in [1.165, 1.54) is 18.4 Å². The minimum absolute atomic E-state index is 0.0173. The summed E-state index contributed by atoms with van der Waals surface area (Å²) in [5.74, 6) is -0.720. The van der Waals surface area contributed by atoms with Crippen molar-refractivity contribution in [3.05, 3.63) is 47.9 Å². The Bertz CT molecular complexity index is 816. The maximum Gasteiger partial charge on any atom is 0.335 e. The second-order valence-corrected chi connectivity index (χ2v) is 7.49. The van der Waals surface area contributed by atoms with E-state index in [2.05, 4.69) is 10.0 Å². The van der Waals surface area contributed by atoms with Crippen LogP contribution in [0.2, 0.25) is 0 Å². The summed E-state index contributed by atoms with van der Waals surface area (Å²) in [5, 5.41) is 12.3. The molecule has 0 bridgehead atoms. The number of carboxylic acid groups (broad SMARTS) is 1. The van der Waals surface area contributed by atoms with Crippen LogP contribution in [0, 0.1) is 0 Å². The molecule has 8 heteroatoms. The Morgan fingerprint density at radius 1 is 1.32 bits per heavy atom. The molecule has 0 unspecified atom stereocenters. The van der Waals surface area contributed by atoms with Gasteiger partial charge in [0.05, 0.1) is 24.1 Å². The summed E-state index contributed by atoms with van der Waals surface area (Å²) >= 11 is 0. The zero-order valence-electron chi connectivity index (χ0n) is 14.2. The van der Waals surface area contributed by atoms with E-state index in [1.807, 2.05) is 13.8 Å². The van der Waals surface area contributed by atoms with Gasteiger partial charge in [0.15, 0.2) is 0 Å². The molecule has 7 nitrogen and oxygen atoms in total. The molecule has 136 valence electrons. The van der Waals surface area contributed by atoms with Crippen LogP contribution in [0.3, 0.4) is 0 Å². The fraction of sp³-hybridized carbons (Fsp3) is 0.353. The molecule has 0 radical (unpaired) electrons. The number of sulfonamides is 1. The van der Waals surface area contributed by atoms with Gasteiger partial charge in [0.25, 0.3) is 0 Å². The normalized spacial score (nSPS) is 12.7. The topological polar surface area (TPSA) is 109 Å². The zero-order chi connectivity index (χ0) is 18.4. The van der Waals surface area contributed by atoms with Gasteiger partial charge in [-0.25, -0.2) is 17.9 Å². The number of furan rings is 1. The van der Waals surface area contributed by atoms with E-state index in [0.29, 0.717) is 11.4 Å². The fourth-order valence-corrected chi connectivity index (χ4v) is 3.61. The van der Waals surface area contributed by atoms with Crippen LogP contribution in [-0.4, -0.2) is 25.5 Å². The van der Waals surface area contributed by atoms with Crippen molar-refractivity contribution in [1.29, 1.82) is 0 Å². The van der Waals surface area contributed by atoms with Gasteiger partial charge in [-0.05, 0) is 43.7 Å². The summed E-state index contributed by atoms with van der Waals surface area (Å²) in [6.07, 6.45) is 3.26. The monoisotopic (exact) mass is 366 g/mol. The van der Waals surface area contributed by atoms with E-state index < -0.39 is 16.0 Å². The molecule has 1 aromatic heterocycles. The first-order chi connectivity index (χ1) is 11.8. The van der Waals surface area contributed by atoms with Gasteiger partial charge >= 0.3 is 5.97 Å². The first kappa shape index (κ1) is 19.0. The predicted octanol–water partition coefficient (Wildman–Crippen LogP) is 3.06. The van der Waals surface area contributed by atoms with Crippen molar-refractivity contribution in [3.63, 3.8) is 0 Å². The molecular weight excluding hydrogens is 344 g/mol. The third-order valence-corrected chi connectivity index (χ3v) is 5.10. The van der Waals surface area contributed by atoms with Gasteiger partial charge in [-0.2, -0.15) is 0 Å². The number of carbonyl (C=O) groups is 1. The highest BCUT2D eigenvalue weighted by Crippen LogP contribution is 2.24. The Kier molecular flexibility index (Phi) is 6.22. The molecule has 0 amide bonds. The van der Waals surface area contributed by atoms with E-state index in [4.69, 9.17) is 9.52 Å². The summed E-state index contributed by atoms with van der Waals surface area (Å²) in [6, 6.07) is 7.40. The number of hydrogen-bond donors (Lipinski definition) is 3. The lowest BCUT2D eigenvalue weighted by Gasteiger charge is -2.18. The average molecular weight is 366 g/mol. The smallest absolute Gasteiger partial charge is 0.335 e. The number of rotatable bonds is 9. The van der Waals surface area contributed by atoms with Crippen LogP contribution in [0.5, 0.6) is 0 Å². The van der Waals surface area contributed by atoms with Crippen LogP contribution >= 0.6 is 0 Å². The standard InChI is InChI=1S/C17H22N2O5S/c1-3-5-12(2)19-15-8-7-13(17(20)21)10-16(15)25(22,23)18-11-14-6-4-9-24-14/h4,6-10,12,18-19H,3,5,11H2,1-2H3,(H,20,21)/t12-/m0/s1. The predicted molar refractivity (Wildman–Crippen MR) is 94.1 cm³/mol. The van der Waals surface area contributed by atoms with Crippen molar-refractivity contribution in [2.45, 2.75) is 44.2 Å². The first-order valence-corrected chi connectivity index (χ1v) is 9.47. The largest absolute Gasteiger partial charge is 0.478 e. The van der Waals surface area contributed by atoms with Gasteiger partial charge in [0.2, 0.25) is 10.0 Å². The molecule has 1 aromatic carbocycles. The van der Waals surface area contributed by atoms with Crippen molar-refractivity contribution in [2.24, 2.45) is 0 Å². The fourth-order valence-electron chi connectivity index (χ4n) is 2.42. The Balaban J connectivity index is 2.33. The number of benzene rings is 1. The Labute approximate surface area is 147 Å². The number of hydrogen-bond acceptors (Lipinski definition) is 5. The third-order valence-electron chi connectivity index (χ3n) is 3.66. The highest BCUT2D eigenvalue weighted by atomic mass is 32.2. The molecule has 2 rings (SSSR count). The number of aromatic carboxylic acids is 1. The maximum absolute atomic E-state index is 12.7. The quantitative estimate of drug-likeness (QED) is 0.629. The second-order valence-electron chi connectivity index (χ2n) is 5.75. The zero-order valence-corrected chi connectivity index (χ0v) is 15.0. The number of anilines is 1. The van der Waals surface area contributed by atoms with Crippen molar-refractivity contribution in [1.82, 2.24) is 4.72 Å². The van der Waals surface area contributed by atoms with Gasteiger partial charge in [-0.15, -0.1) is 0 Å². The van der Waals surface area contributed by atoms with Crippen LogP contribution < -0.4 is 10.0 Å². The molecule has 0 aliphatic heterocycles. The van der Waals surface area contributed by atoms with Gasteiger partial charge in [0, 0.05) is 6.04 Å². The summed E-state index contributed by atoms with van der Waals surface area (Å²) in [5.41, 5.74) is 0.282. The SMILES string of the molecule is CCC[C@H](C)Nc1ccc(C(=O)O)cc1S(=O)(=O)NCc1ccco1. The van der Waals surface area contributed by atoms with Crippen LogP contribution in [-0.2, 0) is 16.6 Å². The summed E-state index contributed by atoms with van der Waals surface area (Å²) < 4.78 is 32.9. The molecular formula is C17H22N2O5S. The second kappa shape index (κ2) is 8.17. The molecule has 0 aliphatic carbocycles. The molecule has 1 heterocycles. The molecule has 0 fully saturated rings. The Morgan fingerprint density at radius 3 is 2.68 bits per heavy atom. The minimum atomic E-state index is -3.92. The molecule has 0 aliphatic rings. The average Bonchev–Trinajstić information content (AvgIpc) is 3.07. The van der Waals surface area contributed by atoms with Gasteiger partial charge in [0.1, 0.15) is 10.7 Å². The van der Waals surface area contributed by atoms with Crippen LogP contribution in [0.4, 0.5) is 5.69 Å². The maximum atomic E-state index is 12.7. The summed E-state index contributed by atoms with van der Waals surface area (Å²) in [6.45, 7) is 3.96. The molecule has 2 aromatic rings. The summed E-state index contributed by atoms with van der Waals surface area (Å²) in [4.78, 5) is 11.1. The lowest BCUT2D eigenvalue weighted by Crippen LogP contribution is -2.25. The van der Waals surface area contributed by atoms with Crippen LogP contribution in [0.1, 0.15) is 42.8 Å². The van der Waals surface area contributed by atoms with E-state index in [1.54, 1.807) is 12.1 Å². The van der Waals surface area contributed by atoms with Crippen molar-refractivity contribution < 1.29 is 22.7 Å². The van der Waals surface area contributed by atoms with Crippen LogP contribution in [0.25, 0.3) is 0 Å². The minimum Gasteiger partial charge on any atom is -0.478 e. The molecule has 25 heavy (non-hydrogen) atoms. The molecule has 0 spiro atoms. The lowest BCUT2D eigenvalue weighted by atomic mass is 10.1. The molecule has 0 saturated carbocycles. The highest BCUT2D eigenvalue weighted by molar-refractivity contribution is 7.89. The summed E-state index contributed by atoms with van der Waals surface area (Å²) in [7, 11) is -3.92. The molecule has 0 saturated heterocycles. The Hall–Kier alpha value is -2.32.